The Hall–Kier alpha value is -3.75. The van der Waals surface area contributed by atoms with E-state index in [1.54, 1.807) is 49.0 Å². The van der Waals surface area contributed by atoms with Crippen LogP contribution in [0.15, 0.2) is 88.6 Å². The number of hydrogen-bond acceptors (Lipinski definition) is 4. The molecule has 2 amide bonds. The number of amides is 2. The van der Waals surface area contributed by atoms with Crippen LogP contribution < -0.4 is 16.2 Å². The largest absolute Gasteiger partial charge is 0.322 e. The standard InChI is InChI=1S/C28H27ClN4O3S/c1-4-24(27(35)31-25-18(2)32(3)33(28(25)36)22-13-6-5-7-14-22)37-23-15-9-12-21(17-23)30-26(34)19-10-8-11-20(29)16-19/h5-17,24H,4H2,1-3H3,(H,30,34)(H,31,35). The highest BCUT2D eigenvalue weighted by Gasteiger charge is 2.23. The molecule has 0 fully saturated rings. The summed E-state index contributed by atoms with van der Waals surface area (Å²) in [6.07, 6.45) is 0.550. The average molecular weight is 535 g/mol. The molecular formula is C28H27ClN4O3S. The Morgan fingerprint density at radius 1 is 0.973 bits per heavy atom. The van der Waals surface area contributed by atoms with Crippen molar-refractivity contribution < 1.29 is 9.59 Å². The number of para-hydroxylation sites is 1. The summed E-state index contributed by atoms with van der Waals surface area (Å²) < 4.78 is 3.26. The molecule has 0 bridgehead atoms. The molecule has 0 saturated carbocycles. The van der Waals surface area contributed by atoms with Crippen LogP contribution in [0, 0.1) is 6.92 Å². The summed E-state index contributed by atoms with van der Waals surface area (Å²) in [4.78, 5) is 39.8. The lowest BCUT2D eigenvalue weighted by Gasteiger charge is -2.15. The van der Waals surface area contributed by atoms with Gasteiger partial charge in [-0.15, -0.1) is 11.8 Å². The van der Waals surface area contributed by atoms with Crippen molar-refractivity contribution in [3.05, 3.63) is 105 Å². The Balaban J connectivity index is 1.49. The van der Waals surface area contributed by atoms with Crippen molar-refractivity contribution in [3.63, 3.8) is 0 Å². The maximum atomic E-state index is 13.2. The van der Waals surface area contributed by atoms with Gasteiger partial charge in [-0.1, -0.05) is 48.9 Å². The number of rotatable bonds is 8. The van der Waals surface area contributed by atoms with Crippen molar-refractivity contribution in [2.24, 2.45) is 7.05 Å². The molecule has 7 nitrogen and oxygen atoms in total. The van der Waals surface area contributed by atoms with Crippen LogP contribution in [0.3, 0.4) is 0 Å². The molecule has 0 aliphatic heterocycles. The molecule has 3 aromatic carbocycles. The van der Waals surface area contributed by atoms with Gasteiger partial charge in [0.2, 0.25) is 5.91 Å². The van der Waals surface area contributed by atoms with Crippen LogP contribution >= 0.6 is 23.4 Å². The van der Waals surface area contributed by atoms with E-state index < -0.39 is 5.25 Å². The number of nitrogens with zero attached hydrogens (tertiary/aromatic N) is 2. The fourth-order valence-electron chi connectivity index (χ4n) is 3.88. The maximum absolute atomic E-state index is 13.2. The third-order valence-corrected chi connectivity index (χ3v) is 7.52. The van der Waals surface area contributed by atoms with E-state index in [9.17, 15) is 14.4 Å². The minimum absolute atomic E-state index is 0.258. The molecule has 1 aromatic heterocycles. The second-order valence-corrected chi connectivity index (χ2v) is 10.1. The van der Waals surface area contributed by atoms with Crippen molar-refractivity contribution in [1.82, 2.24) is 9.36 Å². The van der Waals surface area contributed by atoms with Crippen LogP contribution in [0.2, 0.25) is 5.02 Å². The Morgan fingerprint density at radius 3 is 2.41 bits per heavy atom. The summed E-state index contributed by atoms with van der Waals surface area (Å²) in [5.41, 5.74) is 2.41. The van der Waals surface area contributed by atoms with Crippen LogP contribution in [0.1, 0.15) is 29.4 Å². The van der Waals surface area contributed by atoms with Gasteiger partial charge in [0.1, 0.15) is 5.69 Å². The smallest absolute Gasteiger partial charge is 0.295 e. The number of carbonyl (C=O) groups is 2. The zero-order valence-electron chi connectivity index (χ0n) is 20.7. The average Bonchev–Trinajstić information content (AvgIpc) is 3.10. The lowest BCUT2D eigenvalue weighted by Crippen LogP contribution is -2.28. The quantitative estimate of drug-likeness (QED) is 0.276. The van der Waals surface area contributed by atoms with Gasteiger partial charge in [-0.2, -0.15) is 0 Å². The predicted molar refractivity (Wildman–Crippen MR) is 150 cm³/mol. The SMILES string of the molecule is CCC(Sc1cccc(NC(=O)c2cccc(Cl)c2)c1)C(=O)Nc1c(C)n(C)n(-c2ccccc2)c1=O. The molecule has 1 heterocycles. The molecular weight excluding hydrogens is 508 g/mol. The van der Waals surface area contributed by atoms with E-state index in [1.807, 2.05) is 55.5 Å². The molecule has 0 aliphatic carbocycles. The predicted octanol–water partition coefficient (Wildman–Crippen LogP) is 5.90. The Bertz CT molecular complexity index is 1500. The van der Waals surface area contributed by atoms with E-state index in [1.165, 1.54) is 16.4 Å². The van der Waals surface area contributed by atoms with Crippen molar-refractivity contribution in [2.75, 3.05) is 10.6 Å². The minimum Gasteiger partial charge on any atom is -0.322 e. The fraction of sp³-hybridized carbons (Fsp3) is 0.179. The first-order valence-electron chi connectivity index (χ1n) is 11.8. The van der Waals surface area contributed by atoms with Crippen LogP contribution in [0.4, 0.5) is 11.4 Å². The fourth-order valence-corrected chi connectivity index (χ4v) is 5.09. The van der Waals surface area contributed by atoms with Gasteiger partial charge in [-0.3, -0.25) is 19.1 Å². The van der Waals surface area contributed by atoms with E-state index in [0.717, 1.165) is 10.6 Å². The highest BCUT2D eigenvalue weighted by molar-refractivity contribution is 8.00. The van der Waals surface area contributed by atoms with Gasteiger partial charge < -0.3 is 10.6 Å². The Labute approximate surface area is 224 Å². The zero-order valence-corrected chi connectivity index (χ0v) is 22.3. The normalized spacial score (nSPS) is 11.7. The summed E-state index contributed by atoms with van der Waals surface area (Å²) >= 11 is 7.37. The van der Waals surface area contributed by atoms with E-state index >= 15 is 0 Å². The molecule has 0 radical (unpaired) electrons. The van der Waals surface area contributed by atoms with Crippen LogP contribution in [-0.4, -0.2) is 26.4 Å². The van der Waals surface area contributed by atoms with Crippen LogP contribution in [0.5, 0.6) is 0 Å². The van der Waals surface area contributed by atoms with Gasteiger partial charge in [0.05, 0.1) is 16.6 Å². The van der Waals surface area contributed by atoms with Crippen LogP contribution in [0.25, 0.3) is 5.69 Å². The van der Waals surface area contributed by atoms with Gasteiger partial charge in [-0.25, -0.2) is 4.68 Å². The molecule has 2 N–H and O–H groups in total. The summed E-state index contributed by atoms with van der Waals surface area (Å²) in [6.45, 7) is 3.72. The topological polar surface area (TPSA) is 85.1 Å². The van der Waals surface area contributed by atoms with E-state index in [2.05, 4.69) is 10.6 Å². The summed E-state index contributed by atoms with van der Waals surface area (Å²) in [6, 6.07) is 23.3. The first-order chi connectivity index (χ1) is 17.8. The molecule has 0 saturated heterocycles. The highest BCUT2D eigenvalue weighted by atomic mass is 35.5. The van der Waals surface area contributed by atoms with Gasteiger partial charge in [0.25, 0.3) is 11.5 Å². The number of aromatic nitrogens is 2. The summed E-state index contributed by atoms with van der Waals surface area (Å²) in [7, 11) is 1.79. The molecule has 9 heteroatoms. The molecule has 1 atom stereocenters. The number of hydrogen-bond donors (Lipinski definition) is 2. The van der Waals surface area contributed by atoms with E-state index in [4.69, 9.17) is 11.6 Å². The molecule has 1 unspecified atom stereocenters. The summed E-state index contributed by atoms with van der Waals surface area (Å²) in [5.74, 6) is -0.532. The third-order valence-electron chi connectivity index (χ3n) is 5.92. The molecule has 4 rings (SSSR count). The molecule has 4 aromatic rings. The third kappa shape index (κ3) is 5.98. The minimum atomic E-state index is -0.442. The number of benzene rings is 3. The van der Waals surface area contributed by atoms with Gasteiger partial charge in [-0.05, 0) is 61.9 Å². The first kappa shape index (κ1) is 26.3. The highest BCUT2D eigenvalue weighted by Crippen LogP contribution is 2.29. The lowest BCUT2D eigenvalue weighted by molar-refractivity contribution is -0.115. The van der Waals surface area contributed by atoms with E-state index in [0.29, 0.717) is 28.4 Å². The zero-order chi connectivity index (χ0) is 26.5. The molecule has 37 heavy (non-hydrogen) atoms. The molecule has 190 valence electrons. The Kier molecular flexibility index (Phi) is 8.21. The number of carbonyl (C=O) groups excluding carboxylic acids is 2. The number of nitrogens with one attached hydrogen (secondary N) is 2. The van der Waals surface area contributed by atoms with Gasteiger partial charge in [0.15, 0.2) is 0 Å². The van der Waals surface area contributed by atoms with Crippen LogP contribution in [-0.2, 0) is 11.8 Å². The molecule has 0 aliphatic rings. The monoisotopic (exact) mass is 534 g/mol. The van der Waals surface area contributed by atoms with Crippen molar-refractivity contribution in [3.8, 4) is 5.69 Å². The second kappa shape index (κ2) is 11.5. The van der Waals surface area contributed by atoms with Crippen molar-refractivity contribution >= 4 is 46.6 Å². The summed E-state index contributed by atoms with van der Waals surface area (Å²) in [5, 5.41) is 5.77. The Morgan fingerprint density at radius 2 is 1.70 bits per heavy atom. The lowest BCUT2D eigenvalue weighted by atomic mass is 10.2. The van der Waals surface area contributed by atoms with Crippen molar-refractivity contribution in [1.29, 1.82) is 0 Å². The van der Waals surface area contributed by atoms with Gasteiger partial charge in [0, 0.05) is 28.2 Å². The van der Waals surface area contributed by atoms with E-state index in [-0.39, 0.29) is 23.1 Å². The first-order valence-corrected chi connectivity index (χ1v) is 13.0. The molecule has 0 spiro atoms. The second-order valence-electron chi connectivity index (χ2n) is 8.43. The number of anilines is 2. The number of halogens is 1. The maximum Gasteiger partial charge on any atom is 0.295 e. The van der Waals surface area contributed by atoms with Gasteiger partial charge >= 0.3 is 0 Å². The van der Waals surface area contributed by atoms with Crippen molar-refractivity contribution in [2.45, 2.75) is 30.4 Å². The number of thioether (sulfide) groups is 1.